The van der Waals surface area contributed by atoms with Crippen LogP contribution in [0.15, 0.2) is 51.8 Å². The van der Waals surface area contributed by atoms with Gasteiger partial charge < -0.3 is 9.30 Å². The van der Waals surface area contributed by atoms with Gasteiger partial charge in [-0.25, -0.2) is 8.42 Å². The highest BCUT2D eigenvalue weighted by molar-refractivity contribution is 9.10. The van der Waals surface area contributed by atoms with E-state index in [-0.39, 0.29) is 4.90 Å². The van der Waals surface area contributed by atoms with Crippen molar-refractivity contribution in [2.45, 2.75) is 44.0 Å². The van der Waals surface area contributed by atoms with E-state index in [0.717, 1.165) is 43.0 Å². The Labute approximate surface area is 184 Å². The topological polar surface area (TPSA) is 86.1 Å². The number of aryl methyl sites for hydroxylation is 1. The Kier molecular flexibility index (Phi) is 6.10. The minimum absolute atomic E-state index is 0.0838. The van der Waals surface area contributed by atoms with Crippen LogP contribution in [-0.2, 0) is 23.0 Å². The van der Waals surface area contributed by atoms with Crippen molar-refractivity contribution in [1.82, 2.24) is 14.8 Å². The molecule has 158 valence electrons. The van der Waals surface area contributed by atoms with Gasteiger partial charge in [0.15, 0.2) is 5.82 Å². The third-order valence-electron chi connectivity index (χ3n) is 4.98. The molecule has 1 N–H and O–H groups in total. The first-order valence-electron chi connectivity index (χ1n) is 9.95. The van der Waals surface area contributed by atoms with Crippen molar-refractivity contribution in [2.24, 2.45) is 0 Å². The first-order chi connectivity index (χ1) is 14.5. The molecule has 0 fully saturated rings. The van der Waals surface area contributed by atoms with Gasteiger partial charge in [-0.3, -0.25) is 4.72 Å². The molecule has 0 radical (unpaired) electrons. The maximum Gasteiger partial charge on any atom is 0.265 e. The van der Waals surface area contributed by atoms with Crippen LogP contribution in [0, 0.1) is 0 Å². The van der Waals surface area contributed by atoms with Gasteiger partial charge in [-0.1, -0.05) is 34.5 Å². The summed E-state index contributed by atoms with van der Waals surface area (Å²) in [5.74, 6) is 2.07. The molecule has 1 aromatic heterocycles. The van der Waals surface area contributed by atoms with Crippen molar-refractivity contribution < 1.29 is 13.2 Å². The van der Waals surface area contributed by atoms with Crippen molar-refractivity contribution in [3.8, 4) is 17.1 Å². The molecule has 0 aliphatic carbocycles. The highest BCUT2D eigenvalue weighted by atomic mass is 79.9. The smallest absolute Gasteiger partial charge is 0.265 e. The lowest BCUT2D eigenvalue weighted by Gasteiger charge is -2.14. The number of sulfonamides is 1. The van der Waals surface area contributed by atoms with Gasteiger partial charge in [-0.2, -0.15) is 0 Å². The molecular formula is C21H23BrN4O3S. The SMILES string of the molecule is CCOc1ccc(Br)cc1S(=O)(=O)Nc1cccc(-c2nnc3n2CCCCC3)c1. The number of halogens is 1. The van der Waals surface area contributed by atoms with Gasteiger partial charge in [0.05, 0.1) is 6.61 Å². The zero-order valence-electron chi connectivity index (χ0n) is 16.6. The summed E-state index contributed by atoms with van der Waals surface area (Å²) in [6, 6.07) is 12.2. The molecule has 2 aromatic carbocycles. The zero-order valence-corrected chi connectivity index (χ0v) is 19.0. The number of rotatable bonds is 6. The number of hydrogen-bond donors (Lipinski definition) is 1. The molecule has 3 aromatic rings. The average Bonchev–Trinajstić information content (AvgIpc) is 2.97. The second kappa shape index (κ2) is 8.77. The summed E-state index contributed by atoms with van der Waals surface area (Å²) in [5.41, 5.74) is 1.29. The number of aromatic nitrogens is 3. The van der Waals surface area contributed by atoms with Crippen LogP contribution in [0.3, 0.4) is 0 Å². The van der Waals surface area contributed by atoms with E-state index in [4.69, 9.17) is 4.74 Å². The maximum atomic E-state index is 13.1. The Morgan fingerprint density at radius 3 is 2.83 bits per heavy atom. The Bertz CT molecular complexity index is 1160. The summed E-state index contributed by atoms with van der Waals surface area (Å²) in [4.78, 5) is 0.0838. The maximum absolute atomic E-state index is 13.1. The fraction of sp³-hybridized carbons (Fsp3) is 0.333. The largest absolute Gasteiger partial charge is 0.492 e. The van der Waals surface area contributed by atoms with E-state index in [2.05, 4.69) is 35.4 Å². The first-order valence-corrected chi connectivity index (χ1v) is 12.2. The van der Waals surface area contributed by atoms with E-state index >= 15 is 0 Å². The van der Waals surface area contributed by atoms with E-state index in [1.165, 1.54) is 12.5 Å². The summed E-state index contributed by atoms with van der Waals surface area (Å²) < 4.78 is 37.1. The number of benzene rings is 2. The molecule has 0 saturated heterocycles. The third-order valence-corrected chi connectivity index (χ3v) is 6.87. The molecule has 0 spiro atoms. The van der Waals surface area contributed by atoms with Crippen LogP contribution < -0.4 is 9.46 Å². The molecule has 2 heterocycles. The van der Waals surface area contributed by atoms with Crippen molar-refractivity contribution in [1.29, 1.82) is 0 Å². The van der Waals surface area contributed by atoms with Gasteiger partial charge in [-0.15, -0.1) is 10.2 Å². The van der Waals surface area contributed by atoms with Gasteiger partial charge >= 0.3 is 0 Å². The minimum atomic E-state index is -3.85. The second-order valence-electron chi connectivity index (χ2n) is 7.11. The Hall–Kier alpha value is -2.39. The fourth-order valence-electron chi connectivity index (χ4n) is 3.60. The third kappa shape index (κ3) is 4.37. The monoisotopic (exact) mass is 490 g/mol. The number of nitrogens with zero attached hydrogens (tertiary/aromatic N) is 3. The Morgan fingerprint density at radius 2 is 2.00 bits per heavy atom. The fourth-order valence-corrected chi connectivity index (χ4v) is 5.33. The van der Waals surface area contributed by atoms with Crippen LogP contribution in [0.25, 0.3) is 11.4 Å². The molecule has 4 rings (SSSR count). The lowest BCUT2D eigenvalue weighted by Crippen LogP contribution is -2.14. The van der Waals surface area contributed by atoms with E-state index < -0.39 is 10.0 Å². The molecule has 30 heavy (non-hydrogen) atoms. The summed E-state index contributed by atoms with van der Waals surface area (Å²) in [7, 11) is -3.85. The van der Waals surface area contributed by atoms with Crippen LogP contribution in [0.2, 0.25) is 0 Å². The molecule has 0 bridgehead atoms. The number of ether oxygens (including phenoxy) is 1. The van der Waals surface area contributed by atoms with Crippen molar-refractivity contribution in [3.05, 3.63) is 52.8 Å². The van der Waals surface area contributed by atoms with Crippen molar-refractivity contribution in [3.63, 3.8) is 0 Å². The Balaban J connectivity index is 1.66. The lowest BCUT2D eigenvalue weighted by atomic mass is 10.2. The molecular weight excluding hydrogens is 468 g/mol. The van der Waals surface area contributed by atoms with Gasteiger partial charge in [0.2, 0.25) is 0 Å². The highest BCUT2D eigenvalue weighted by Crippen LogP contribution is 2.30. The standard InChI is InChI=1S/C21H23BrN4O3S/c1-2-29-18-11-10-16(22)14-19(18)30(27,28)25-17-8-6-7-15(13-17)21-24-23-20-9-4-3-5-12-26(20)21/h6-8,10-11,13-14,25H,2-5,9,12H2,1H3. The molecule has 0 unspecified atom stereocenters. The average molecular weight is 491 g/mol. The zero-order chi connectivity index (χ0) is 21.1. The highest BCUT2D eigenvalue weighted by Gasteiger charge is 2.21. The van der Waals surface area contributed by atoms with Gasteiger partial charge in [0, 0.05) is 28.7 Å². The molecule has 0 amide bonds. The molecule has 0 saturated carbocycles. The van der Waals surface area contributed by atoms with Crippen molar-refractivity contribution >= 4 is 31.6 Å². The lowest BCUT2D eigenvalue weighted by molar-refractivity contribution is 0.331. The van der Waals surface area contributed by atoms with Gasteiger partial charge in [0.1, 0.15) is 16.5 Å². The number of anilines is 1. The first kappa shape index (κ1) is 20.9. The molecule has 9 heteroatoms. The summed E-state index contributed by atoms with van der Waals surface area (Å²) >= 11 is 3.34. The van der Waals surface area contributed by atoms with E-state index in [0.29, 0.717) is 22.5 Å². The predicted molar refractivity (Wildman–Crippen MR) is 119 cm³/mol. The van der Waals surface area contributed by atoms with E-state index in [1.807, 2.05) is 19.1 Å². The van der Waals surface area contributed by atoms with Gasteiger partial charge in [0.25, 0.3) is 10.0 Å². The predicted octanol–water partition coefficient (Wildman–Crippen LogP) is 4.63. The molecule has 1 aliphatic heterocycles. The quantitative estimate of drug-likeness (QED) is 0.543. The molecule has 7 nitrogen and oxygen atoms in total. The van der Waals surface area contributed by atoms with Gasteiger partial charge in [-0.05, 0) is 50.1 Å². The van der Waals surface area contributed by atoms with Crippen LogP contribution in [0.4, 0.5) is 5.69 Å². The van der Waals surface area contributed by atoms with Crippen LogP contribution in [0.1, 0.15) is 32.0 Å². The number of fused-ring (bicyclic) bond motifs is 1. The summed E-state index contributed by atoms with van der Waals surface area (Å²) in [5, 5.41) is 8.70. The normalized spacial score (nSPS) is 14.1. The van der Waals surface area contributed by atoms with E-state index in [1.54, 1.807) is 24.3 Å². The molecule has 1 aliphatic rings. The van der Waals surface area contributed by atoms with Crippen LogP contribution >= 0.6 is 15.9 Å². The van der Waals surface area contributed by atoms with Crippen LogP contribution in [0.5, 0.6) is 5.75 Å². The van der Waals surface area contributed by atoms with Crippen LogP contribution in [-0.4, -0.2) is 29.8 Å². The number of nitrogens with one attached hydrogen (secondary N) is 1. The number of hydrogen-bond acceptors (Lipinski definition) is 5. The Morgan fingerprint density at radius 1 is 1.13 bits per heavy atom. The minimum Gasteiger partial charge on any atom is -0.492 e. The molecule has 0 atom stereocenters. The van der Waals surface area contributed by atoms with E-state index in [9.17, 15) is 8.42 Å². The summed E-state index contributed by atoms with van der Waals surface area (Å²) in [6.07, 6.45) is 4.31. The van der Waals surface area contributed by atoms with Crippen molar-refractivity contribution in [2.75, 3.05) is 11.3 Å². The summed E-state index contributed by atoms with van der Waals surface area (Å²) in [6.45, 7) is 3.07. The second-order valence-corrected chi connectivity index (χ2v) is 9.68.